The van der Waals surface area contributed by atoms with Gasteiger partial charge in [-0.1, -0.05) is 0 Å². The highest BCUT2D eigenvalue weighted by atomic mass is 32.2. The van der Waals surface area contributed by atoms with Gasteiger partial charge in [0.1, 0.15) is 0 Å². The predicted molar refractivity (Wildman–Crippen MR) is 56.0 cm³/mol. The monoisotopic (exact) mass is 196 g/mol. The van der Waals surface area contributed by atoms with E-state index >= 15 is 0 Å². The minimum Gasteiger partial charge on any atom is -0.398 e. The minimum atomic E-state index is -0.145. The van der Waals surface area contributed by atoms with Crippen LogP contribution in [0.5, 0.6) is 0 Å². The standard InChI is InChI=1S/C9H12N2OS/c1-11-9(12)7-5-6(13-2)3-4-8(7)10/h3-5H,10H2,1-2H3,(H,11,12). The third-order valence-corrected chi connectivity index (χ3v) is 2.46. The van der Waals surface area contributed by atoms with Crippen LogP contribution in [0.1, 0.15) is 10.4 Å². The molecule has 0 aliphatic heterocycles. The van der Waals surface area contributed by atoms with E-state index in [1.54, 1.807) is 30.9 Å². The van der Waals surface area contributed by atoms with Crippen LogP contribution in [-0.2, 0) is 0 Å². The average Bonchev–Trinajstić information content (AvgIpc) is 2.17. The first-order chi connectivity index (χ1) is 6.19. The van der Waals surface area contributed by atoms with E-state index in [1.807, 2.05) is 12.3 Å². The maximum atomic E-state index is 11.3. The molecule has 0 unspecified atom stereocenters. The predicted octanol–water partition coefficient (Wildman–Crippen LogP) is 1.35. The quantitative estimate of drug-likeness (QED) is 0.554. The topological polar surface area (TPSA) is 55.1 Å². The molecule has 0 aliphatic carbocycles. The molecule has 0 fully saturated rings. The molecule has 1 aromatic carbocycles. The molecular weight excluding hydrogens is 184 g/mol. The first kappa shape index (κ1) is 9.92. The normalized spacial score (nSPS) is 9.69. The van der Waals surface area contributed by atoms with Crippen molar-refractivity contribution < 1.29 is 4.79 Å². The molecular formula is C9H12N2OS. The summed E-state index contributed by atoms with van der Waals surface area (Å²) in [5.41, 5.74) is 6.70. The first-order valence-electron chi connectivity index (χ1n) is 3.84. The van der Waals surface area contributed by atoms with Gasteiger partial charge in [-0.2, -0.15) is 0 Å². The summed E-state index contributed by atoms with van der Waals surface area (Å²) < 4.78 is 0. The molecule has 3 N–H and O–H groups in total. The minimum absolute atomic E-state index is 0.145. The van der Waals surface area contributed by atoms with Crippen molar-refractivity contribution in [3.8, 4) is 0 Å². The number of hydrogen-bond acceptors (Lipinski definition) is 3. The van der Waals surface area contributed by atoms with Crippen LogP contribution < -0.4 is 11.1 Å². The van der Waals surface area contributed by atoms with E-state index in [9.17, 15) is 4.79 Å². The van der Waals surface area contributed by atoms with Crippen LogP contribution in [0.15, 0.2) is 23.1 Å². The Balaban J connectivity index is 3.11. The fourth-order valence-corrected chi connectivity index (χ4v) is 1.43. The Labute approximate surface area is 81.7 Å². The lowest BCUT2D eigenvalue weighted by Crippen LogP contribution is -2.19. The fourth-order valence-electron chi connectivity index (χ4n) is 0.994. The van der Waals surface area contributed by atoms with Crippen LogP contribution >= 0.6 is 11.8 Å². The summed E-state index contributed by atoms with van der Waals surface area (Å²) >= 11 is 1.58. The van der Waals surface area contributed by atoms with Crippen molar-refractivity contribution in [2.75, 3.05) is 19.0 Å². The Hall–Kier alpha value is -1.16. The number of amides is 1. The van der Waals surface area contributed by atoms with Gasteiger partial charge >= 0.3 is 0 Å². The Kier molecular flexibility index (Phi) is 3.19. The number of nitrogens with one attached hydrogen (secondary N) is 1. The summed E-state index contributed by atoms with van der Waals surface area (Å²) in [5, 5.41) is 2.55. The maximum Gasteiger partial charge on any atom is 0.253 e. The number of nitrogen functional groups attached to an aromatic ring is 1. The highest BCUT2D eigenvalue weighted by Gasteiger charge is 2.07. The molecule has 0 heterocycles. The SMILES string of the molecule is CNC(=O)c1cc(SC)ccc1N. The molecule has 0 aromatic heterocycles. The molecule has 0 spiro atoms. The van der Waals surface area contributed by atoms with Crippen molar-refractivity contribution in [2.24, 2.45) is 0 Å². The molecule has 0 saturated heterocycles. The second kappa shape index (κ2) is 4.18. The molecule has 70 valence electrons. The summed E-state index contributed by atoms with van der Waals surface area (Å²) in [4.78, 5) is 12.3. The summed E-state index contributed by atoms with van der Waals surface area (Å²) in [5.74, 6) is -0.145. The lowest BCUT2D eigenvalue weighted by molar-refractivity contribution is 0.0964. The smallest absolute Gasteiger partial charge is 0.253 e. The van der Waals surface area contributed by atoms with Gasteiger partial charge in [0.25, 0.3) is 5.91 Å². The first-order valence-corrected chi connectivity index (χ1v) is 5.07. The second-order valence-corrected chi connectivity index (χ2v) is 3.41. The molecule has 0 bridgehead atoms. The highest BCUT2D eigenvalue weighted by Crippen LogP contribution is 2.20. The van der Waals surface area contributed by atoms with Crippen LogP contribution in [0, 0.1) is 0 Å². The van der Waals surface area contributed by atoms with Gasteiger partial charge in [-0.05, 0) is 24.5 Å². The van der Waals surface area contributed by atoms with Gasteiger partial charge in [0.05, 0.1) is 5.56 Å². The molecule has 4 heteroatoms. The number of carbonyl (C=O) groups excluding carboxylic acids is 1. The van der Waals surface area contributed by atoms with E-state index in [2.05, 4.69) is 5.32 Å². The van der Waals surface area contributed by atoms with Gasteiger partial charge in [-0.25, -0.2) is 0 Å². The summed E-state index contributed by atoms with van der Waals surface area (Å²) in [6.07, 6.45) is 1.96. The summed E-state index contributed by atoms with van der Waals surface area (Å²) in [6, 6.07) is 5.43. The number of rotatable bonds is 2. The van der Waals surface area contributed by atoms with Crippen molar-refractivity contribution in [3.05, 3.63) is 23.8 Å². The molecule has 1 aromatic rings. The number of benzene rings is 1. The van der Waals surface area contributed by atoms with E-state index in [1.165, 1.54) is 0 Å². The van der Waals surface area contributed by atoms with Gasteiger partial charge in [0.15, 0.2) is 0 Å². The Morgan fingerprint density at radius 1 is 1.54 bits per heavy atom. The number of anilines is 1. The zero-order chi connectivity index (χ0) is 9.84. The Morgan fingerprint density at radius 3 is 2.77 bits per heavy atom. The fraction of sp³-hybridized carbons (Fsp3) is 0.222. The van der Waals surface area contributed by atoms with Gasteiger partial charge in [-0.15, -0.1) is 11.8 Å². The number of carbonyl (C=O) groups is 1. The third-order valence-electron chi connectivity index (χ3n) is 1.73. The van der Waals surface area contributed by atoms with E-state index in [0.717, 1.165) is 4.90 Å². The molecule has 0 radical (unpaired) electrons. The third kappa shape index (κ3) is 2.15. The zero-order valence-corrected chi connectivity index (χ0v) is 8.44. The molecule has 0 aliphatic rings. The average molecular weight is 196 g/mol. The van der Waals surface area contributed by atoms with Crippen LogP contribution in [-0.4, -0.2) is 19.2 Å². The lowest BCUT2D eigenvalue weighted by Gasteiger charge is -2.05. The summed E-state index contributed by atoms with van der Waals surface area (Å²) in [6.45, 7) is 0. The second-order valence-electron chi connectivity index (χ2n) is 2.53. The zero-order valence-electron chi connectivity index (χ0n) is 7.63. The van der Waals surface area contributed by atoms with Crippen LogP contribution in [0.4, 0.5) is 5.69 Å². The molecule has 0 saturated carbocycles. The van der Waals surface area contributed by atoms with Gasteiger partial charge in [0.2, 0.25) is 0 Å². The number of hydrogen-bond donors (Lipinski definition) is 2. The van der Waals surface area contributed by atoms with E-state index in [-0.39, 0.29) is 5.91 Å². The van der Waals surface area contributed by atoms with Crippen LogP contribution in [0.3, 0.4) is 0 Å². The van der Waals surface area contributed by atoms with Gasteiger partial charge < -0.3 is 11.1 Å². The molecule has 1 amide bonds. The Morgan fingerprint density at radius 2 is 2.23 bits per heavy atom. The lowest BCUT2D eigenvalue weighted by atomic mass is 10.2. The van der Waals surface area contributed by atoms with E-state index in [0.29, 0.717) is 11.3 Å². The largest absolute Gasteiger partial charge is 0.398 e. The van der Waals surface area contributed by atoms with Crippen molar-refractivity contribution in [1.82, 2.24) is 5.32 Å². The van der Waals surface area contributed by atoms with Crippen molar-refractivity contribution in [3.63, 3.8) is 0 Å². The van der Waals surface area contributed by atoms with Crippen LogP contribution in [0.25, 0.3) is 0 Å². The molecule has 0 atom stereocenters. The molecule has 1 rings (SSSR count). The summed E-state index contributed by atoms with van der Waals surface area (Å²) in [7, 11) is 1.59. The van der Waals surface area contributed by atoms with Crippen LogP contribution in [0.2, 0.25) is 0 Å². The van der Waals surface area contributed by atoms with Gasteiger partial charge in [0, 0.05) is 17.6 Å². The maximum absolute atomic E-state index is 11.3. The molecule has 13 heavy (non-hydrogen) atoms. The molecule has 3 nitrogen and oxygen atoms in total. The number of thioether (sulfide) groups is 1. The van der Waals surface area contributed by atoms with Crippen molar-refractivity contribution in [1.29, 1.82) is 0 Å². The van der Waals surface area contributed by atoms with E-state index < -0.39 is 0 Å². The number of nitrogens with two attached hydrogens (primary N) is 1. The van der Waals surface area contributed by atoms with E-state index in [4.69, 9.17) is 5.73 Å². The highest BCUT2D eigenvalue weighted by molar-refractivity contribution is 7.98. The Bertz CT molecular complexity index is 325. The van der Waals surface area contributed by atoms with Crippen molar-refractivity contribution in [2.45, 2.75) is 4.90 Å². The van der Waals surface area contributed by atoms with Crippen molar-refractivity contribution >= 4 is 23.4 Å². The van der Waals surface area contributed by atoms with Gasteiger partial charge in [-0.3, -0.25) is 4.79 Å².